The highest BCUT2D eigenvalue weighted by molar-refractivity contribution is 5.70. The zero-order valence-electron chi connectivity index (χ0n) is 12.1. The maximum atomic E-state index is 11.8. The Morgan fingerprint density at radius 3 is 3.09 bits per heavy atom. The van der Waals surface area contributed by atoms with Gasteiger partial charge in [0.15, 0.2) is 17.4 Å². The fourth-order valence-electron chi connectivity index (χ4n) is 2.61. The lowest BCUT2D eigenvalue weighted by molar-refractivity contribution is -0.0565. The van der Waals surface area contributed by atoms with Gasteiger partial charge in [-0.05, 0) is 0 Å². The number of aliphatic hydroxyl groups excluding tert-OH is 2. The van der Waals surface area contributed by atoms with Crippen LogP contribution in [0.4, 0.5) is 5.95 Å². The zero-order valence-corrected chi connectivity index (χ0v) is 12.1. The highest BCUT2D eigenvalue weighted by Crippen LogP contribution is 2.32. The summed E-state index contributed by atoms with van der Waals surface area (Å²) in [4.78, 5) is 22.1. The lowest BCUT2D eigenvalue weighted by atomic mass is 10.1. The molecular formula is C13H17N5O5. The number of nitrogens with two attached hydrogens (primary N) is 1. The molecule has 1 saturated heterocycles. The van der Waals surface area contributed by atoms with Crippen molar-refractivity contribution in [2.45, 2.75) is 24.5 Å². The second-order valence-electron chi connectivity index (χ2n) is 5.10. The van der Waals surface area contributed by atoms with Crippen LogP contribution in [0, 0.1) is 0 Å². The number of aromatic amines is 1. The Morgan fingerprint density at radius 1 is 1.61 bits per heavy atom. The van der Waals surface area contributed by atoms with Gasteiger partial charge in [-0.2, -0.15) is 4.98 Å². The SMILES string of the molecule is C=CCOC1C(O)[C@H](n2cnc3c(=O)[nH]c(N)nc32)O[C@@H]1CO. The minimum absolute atomic E-state index is 0.0742. The largest absolute Gasteiger partial charge is 0.394 e. The molecule has 23 heavy (non-hydrogen) atoms. The van der Waals surface area contributed by atoms with E-state index in [0.717, 1.165) is 0 Å². The number of aromatic nitrogens is 4. The molecule has 3 rings (SSSR count). The van der Waals surface area contributed by atoms with Crippen LogP contribution in [0.25, 0.3) is 11.2 Å². The molecule has 10 heteroatoms. The Balaban J connectivity index is 1.99. The van der Waals surface area contributed by atoms with Gasteiger partial charge in [-0.1, -0.05) is 6.08 Å². The van der Waals surface area contributed by atoms with Gasteiger partial charge in [0, 0.05) is 0 Å². The molecule has 0 bridgehead atoms. The minimum atomic E-state index is -1.09. The van der Waals surface area contributed by atoms with Crippen LogP contribution in [0.15, 0.2) is 23.8 Å². The third kappa shape index (κ3) is 2.61. The van der Waals surface area contributed by atoms with E-state index >= 15 is 0 Å². The molecule has 0 radical (unpaired) electrons. The molecule has 5 N–H and O–H groups in total. The molecule has 1 aliphatic rings. The van der Waals surface area contributed by atoms with E-state index in [2.05, 4.69) is 21.5 Å². The summed E-state index contributed by atoms with van der Waals surface area (Å²) in [5.74, 6) is -0.0742. The van der Waals surface area contributed by atoms with Gasteiger partial charge in [-0.25, -0.2) is 4.98 Å². The van der Waals surface area contributed by atoms with Crippen LogP contribution < -0.4 is 11.3 Å². The molecule has 0 spiro atoms. The summed E-state index contributed by atoms with van der Waals surface area (Å²) < 4.78 is 12.5. The quantitative estimate of drug-likeness (QED) is 0.487. The van der Waals surface area contributed by atoms with Gasteiger partial charge in [0.05, 0.1) is 19.5 Å². The molecule has 1 aliphatic heterocycles. The number of anilines is 1. The monoisotopic (exact) mass is 323 g/mol. The number of hydrogen-bond acceptors (Lipinski definition) is 8. The van der Waals surface area contributed by atoms with Gasteiger partial charge in [0.2, 0.25) is 5.95 Å². The third-order valence-electron chi connectivity index (χ3n) is 3.62. The Labute approximate surface area is 130 Å². The molecule has 0 aliphatic carbocycles. The van der Waals surface area contributed by atoms with Crippen LogP contribution in [0.5, 0.6) is 0 Å². The van der Waals surface area contributed by atoms with Crippen molar-refractivity contribution in [3.05, 3.63) is 29.3 Å². The molecule has 0 aromatic carbocycles. The lowest BCUT2D eigenvalue weighted by Crippen LogP contribution is -2.36. The van der Waals surface area contributed by atoms with Gasteiger partial charge >= 0.3 is 0 Å². The molecule has 1 fully saturated rings. The van der Waals surface area contributed by atoms with E-state index in [1.165, 1.54) is 17.0 Å². The number of nitrogen functional groups attached to an aromatic ring is 1. The van der Waals surface area contributed by atoms with E-state index in [1.807, 2.05) is 0 Å². The molecule has 10 nitrogen and oxygen atoms in total. The molecule has 4 atom stereocenters. The van der Waals surface area contributed by atoms with E-state index in [4.69, 9.17) is 15.2 Å². The van der Waals surface area contributed by atoms with E-state index < -0.39 is 30.1 Å². The number of H-pyrrole nitrogens is 1. The topological polar surface area (TPSA) is 149 Å². The molecule has 2 aromatic heterocycles. The predicted octanol–water partition coefficient (Wildman–Crippen LogP) is -1.48. The van der Waals surface area contributed by atoms with Crippen molar-refractivity contribution in [1.82, 2.24) is 19.5 Å². The van der Waals surface area contributed by atoms with Crippen LogP contribution in [-0.2, 0) is 9.47 Å². The fourth-order valence-corrected chi connectivity index (χ4v) is 2.61. The van der Waals surface area contributed by atoms with Crippen LogP contribution in [-0.4, -0.2) is 61.3 Å². The van der Waals surface area contributed by atoms with Gasteiger partial charge in [0.1, 0.15) is 18.3 Å². The smallest absolute Gasteiger partial charge is 0.280 e. The molecule has 124 valence electrons. The first-order valence-electron chi connectivity index (χ1n) is 6.96. The predicted molar refractivity (Wildman–Crippen MR) is 79.5 cm³/mol. The molecule has 2 unspecified atom stereocenters. The number of ether oxygens (including phenoxy) is 2. The number of nitrogens with one attached hydrogen (secondary N) is 1. The summed E-state index contributed by atoms with van der Waals surface area (Å²) in [5.41, 5.74) is 5.31. The summed E-state index contributed by atoms with van der Waals surface area (Å²) in [7, 11) is 0. The van der Waals surface area contributed by atoms with Crippen LogP contribution in [0.2, 0.25) is 0 Å². The Kier molecular flexibility index (Phi) is 4.13. The second-order valence-corrected chi connectivity index (χ2v) is 5.10. The number of aliphatic hydroxyl groups is 2. The summed E-state index contributed by atoms with van der Waals surface area (Å²) in [5, 5.41) is 19.9. The third-order valence-corrected chi connectivity index (χ3v) is 3.62. The van der Waals surface area contributed by atoms with Crippen molar-refractivity contribution in [2.75, 3.05) is 18.9 Å². The molecule has 0 amide bonds. The highest BCUT2D eigenvalue weighted by Gasteiger charge is 2.45. The normalized spacial score (nSPS) is 27.6. The number of fused-ring (bicyclic) bond motifs is 1. The second kappa shape index (κ2) is 6.08. The summed E-state index contributed by atoms with van der Waals surface area (Å²) >= 11 is 0. The zero-order chi connectivity index (χ0) is 16.6. The maximum Gasteiger partial charge on any atom is 0.280 e. The fraction of sp³-hybridized carbons (Fsp3) is 0.462. The number of imidazole rings is 1. The van der Waals surface area contributed by atoms with Gasteiger partial charge in [-0.15, -0.1) is 6.58 Å². The van der Waals surface area contributed by atoms with E-state index in [1.54, 1.807) is 0 Å². The first kappa shape index (κ1) is 15.6. The van der Waals surface area contributed by atoms with Crippen LogP contribution in [0.1, 0.15) is 6.23 Å². The average molecular weight is 323 g/mol. The van der Waals surface area contributed by atoms with Crippen molar-refractivity contribution in [3.63, 3.8) is 0 Å². The average Bonchev–Trinajstić information content (AvgIpc) is 3.06. The lowest BCUT2D eigenvalue weighted by Gasteiger charge is -2.19. The molecule has 0 saturated carbocycles. The van der Waals surface area contributed by atoms with E-state index in [9.17, 15) is 15.0 Å². The number of rotatable bonds is 5. The first-order valence-corrected chi connectivity index (χ1v) is 6.96. The summed E-state index contributed by atoms with van der Waals surface area (Å²) in [6, 6.07) is 0. The standard InChI is InChI=1S/C13H17N5O5/c1-2-3-22-9-6(4-19)23-12(8(9)20)18-5-15-7-10(18)16-13(14)17-11(7)21/h2,5-6,8-9,12,19-20H,1,3-4H2,(H3,14,16,17,21)/t6-,8?,9?,12-/m1/s1. The maximum absolute atomic E-state index is 11.8. The minimum Gasteiger partial charge on any atom is -0.394 e. The molecular weight excluding hydrogens is 306 g/mol. The van der Waals surface area contributed by atoms with Gasteiger partial charge < -0.3 is 25.4 Å². The Bertz CT molecular complexity index is 772. The van der Waals surface area contributed by atoms with Gasteiger partial charge in [0.25, 0.3) is 5.56 Å². The van der Waals surface area contributed by atoms with Gasteiger partial charge in [-0.3, -0.25) is 14.3 Å². The molecule has 3 heterocycles. The first-order chi connectivity index (χ1) is 11.1. The number of nitrogens with zero attached hydrogens (tertiary/aromatic N) is 3. The molecule has 2 aromatic rings. The van der Waals surface area contributed by atoms with Crippen LogP contribution >= 0.6 is 0 Å². The van der Waals surface area contributed by atoms with Crippen molar-refractivity contribution >= 4 is 17.1 Å². The van der Waals surface area contributed by atoms with E-state index in [0.29, 0.717) is 0 Å². The van der Waals surface area contributed by atoms with Crippen molar-refractivity contribution in [1.29, 1.82) is 0 Å². The summed E-state index contributed by atoms with van der Waals surface area (Å²) in [6.07, 6.45) is -0.632. The van der Waals surface area contributed by atoms with Crippen LogP contribution in [0.3, 0.4) is 0 Å². The Hall–Kier alpha value is -2.27. The van der Waals surface area contributed by atoms with Crippen molar-refractivity contribution in [3.8, 4) is 0 Å². The van der Waals surface area contributed by atoms with E-state index in [-0.39, 0.29) is 30.3 Å². The van der Waals surface area contributed by atoms with Crippen molar-refractivity contribution in [2.24, 2.45) is 0 Å². The Morgan fingerprint density at radius 2 is 2.39 bits per heavy atom. The van der Waals surface area contributed by atoms with Crippen molar-refractivity contribution < 1.29 is 19.7 Å². The highest BCUT2D eigenvalue weighted by atomic mass is 16.6. The summed E-state index contributed by atoms with van der Waals surface area (Å²) in [6.45, 7) is 3.40. The number of hydrogen-bond donors (Lipinski definition) is 4.